The Morgan fingerprint density at radius 1 is 0.868 bits per heavy atom. The summed E-state index contributed by atoms with van der Waals surface area (Å²) in [5, 5.41) is 3.58. The Hall–Kier alpha value is -3.38. The molecule has 7 heteroatoms. The van der Waals surface area contributed by atoms with Crippen molar-refractivity contribution in [3.8, 4) is 0 Å². The number of likely N-dealkylation sites (tertiary alicyclic amines) is 1. The van der Waals surface area contributed by atoms with Crippen LogP contribution in [-0.4, -0.2) is 47.9 Å². The lowest BCUT2D eigenvalue weighted by Crippen LogP contribution is -2.48. The smallest absolute Gasteiger partial charge is 0.254 e. The predicted molar refractivity (Wildman–Crippen MR) is 150 cm³/mol. The Kier molecular flexibility index (Phi) is 6.83. The molecular formula is C31H33ClN4O2. The monoisotopic (exact) mass is 528 g/mol. The third-order valence-electron chi connectivity index (χ3n) is 8.86. The molecule has 6 nitrogen and oxygen atoms in total. The summed E-state index contributed by atoms with van der Waals surface area (Å²) in [6.45, 7) is 3.68. The Balaban J connectivity index is 1.12. The zero-order valence-corrected chi connectivity index (χ0v) is 22.3. The quantitative estimate of drug-likeness (QED) is 0.473. The molecule has 1 N–H and O–H groups in total. The predicted octanol–water partition coefficient (Wildman–Crippen LogP) is 5.68. The Bertz CT molecular complexity index is 1330. The zero-order chi connectivity index (χ0) is 26.1. The molecule has 2 fully saturated rings. The molecule has 2 aromatic carbocycles. The number of nitrogens with zero attached hydrogens (tertiary/aromatic N) is 3. The van der Waals surface area contributed by atoms with E-state index in [0.29, 0.717) is 16.0 Å². The van der Waals surface area contributed by atoms with Crippen molar-refractivity contribution in [1.82, 2.24) is 15.2 Å². The molecule has 3 aliphatic rings. The van der Waals surface area contributed by atoms with Crippen molar-refractivity contribution in [2.45, 2.75) is 44.6 Å². The number of rotatable bonds is 4. The van der Waals surface area contributed by atoms with E-state index in [1.807, 2.05) is 41.6 Å². The summed E-state index contributed by atoms with van der Waals surface area (Å²) in [5.74, 6) is -0.112. The number of amides is 2. The molecule has 2 saturated heterocycles. The number of piperidine rings is 2. The van der Waals surface area contributed by atoms with Crippen LogP contribution in [0.3, 0.4) is 0 Å². The maximum atomic E-state index is 13.8. The molecule has 1 aromatic heterocycles. The molecular weight excluding hydrogens is 496 g/mol. The molecule has 3 aromatic rings. The fourth-order valence-corrected chi connectivity index (χ4v) is 6.77. The molecule has 6 rings (SSSR count). The number of carbonyl (C=O) groups excluding carboxylic acids is 2. The van der Waals surface area contributed by atoms with E-state index in [4.69, 9.17) is 11.6 Å². The van der Waals surface area contributed by atoms with Gasteiger partial charge in [0.15, 0.2) is 0 Å². The highest BCUT2D eigenvalue weighted by molar-refractivity contribution is 6.33. The van der Waals surface area contributed by atoms with E-state index in [9.17, 15) is 9.59 Å². The van der Waals surface area contributed by atoms with Crippen molar-refractivity contribution in [2.24, 2.45) is 5.41 Å². The van der Waals surface area contributed by atoms with Crippen molar-refractivity contribution in [1.29, 1.82) is 0 Å². The Morgan fingerprint density at radius 2 is 1.55 bits per heavy atom. The number of aromatic nitrogens is 1. The minimum absolute atomic E-state index is 0.0878. The number of hydrogen-bond acceptors (Lipinski definition) is 4. The highest BCUT2D eigenvalue weighted by atomic mass is 35.5. The number of hydrogen-bond donors (Lipinski definition) is 1. The number of nitrogens with one attached hydrogen (secondary N) is 1. The molecule has 1 spiro atoms. The van der Waals surface area contributed by atoms with Gasteiger partial charge in [0.1, 0.15) is 0 Å². The second kappa shape index (κ2) is 10.4. The fraction of sp³-hybridized carbons (Fsp3) is 0.387. The van der Waals surface area contributed by atoms with E-state index in [1.54, 1.807) is 12.1 Å². The van der Waals surface area contributed by atoms with Crippen LogP contribution in [-0.2, 0) is 6.42 Å². The number of carbonyl (C=O) groups is 2. The summed E-state index contributed by atoms with van der Waals surface area (Å²) in [6, 6.07) is 17.0. The number of anilines is 1. The summed E-state index contributed by atoms with van der Waals surface area (Å²) in [5.41, 5.74) is 4.89. The molecule has 2 aliphatic heterocycles. The summed E-state index contributed by atoms with van der Waals surface area (Å²) < 4.78 is 0. The van der Waals surface area contributed by atoms with Gasteiger partial charge >= 0.3 is 0 Å². The summed E-state index contributed by atoms with van der Waals surface area (Å²) >= 11 is 6.26. The van der Waals surface area contributed by atoms with Crippen LogP contribution < -0.4 is 10.2 Å². The molecule has 0 bridgehead atoms. The molecule has 3 heterocycles. The molecule has 2 amide bonds. The SMILES string of the molecule is O=C(N[C@@H]1CCc2cccc(C(=O)N3CCC4(CC3)CCN(c3ccncc3)CC4)c21)c1ccccc1Cl. The topological polar surface area (TPSA) is 65.5 Å². The average Bonchev–Trinajstić information content (AvgIpc) is 3.37. The first kappa shape index (κ1) is 24.9. The minimum Gasteiger partial charge on any atom is -0.371 e. The van der Waals surface area contributed by atoms with E-state index in [0.717, 1.165) is 81.4 Å². The van der Waals surface area contributed by atoms with Gasteiger partial charge in [-0.25, -0.2) is 0 Å². The third kappa shape index (κ3) is 4.78. The van der Waals surface area contributed by atoms with Crippen molar-refractivity contribution in [3.63, 3.8) is 0 Å². The molecule has 1 atom stereocenters. The first-order chi connectivity index (χ1) is 18.5. The highest BCUT2D eigenvalue weighted by Crippen LogP contribution is 2.43. The van der Waals surface area contributed by atoms with Gasteiger partial charge in [-0.05, 0) is 85.4 Å². The normalized spacial score (nSPS) is 20.3. The third-order valence-corrected chi connectivity index (χ3v) is 9.19. The van der Waals surface area contributed by atoms with Crippen molar-refractivity contribution in [3.05, 3.63) is 94.3 Å². The first-order valence-electron chi connectivity index (χ1n) is 13.6. The van der Waals surface area contributed by atoms with Gasteiger partial charge in [0.2, 0.25) is 0 Å². The lowest BCUT2D eigenvalue weighted by atomic mass is 9.71. The summed E-state index contributed by atoms with van der Waals surface area (Å²) in [4.78, 5) is 35.4. The maximum absolute atomic E-state index is 13.8. The number of aryl methyl sites for hydroxylation is 1. The fourth-order valence-electron chi connectivity index (χ4n) is 6.55. The van der Waals surface area contributed by atoms with Crippen LogP contribution in [0.1, 0.15) is 70.0 Å². The van der Waals surface area contributed by atoms with Gasteiger partial charge < -0.3 is 15.1 Å². The van der Waals surface area contributed by atoms with Gasteiger partial charge in [-0.2, -0.15) is 0 Å². The van der Waals surface area contributed by atoms with Crippen LogP contribution in [0, 0.1) is 5.41 Å². The standard InChI is InChI=1S/C31H33ClN4O2/c32-26-7-2-1-5-24(26)29(37)34-27-9-8-22-4-3-6-25(28(22)27)30(38)36-20-14-31(15-21-36)12-18-35(19-13-31)23-10-16-33-17-11-23/h1-7,10-11,16-17,27H,8-9,12-15,18-21H2,(H,34,37)/t27-/m1/s1. The van der Waals surface area contributed by atoms with Crippen molar-refractivity contribution < 1.29 is 9.59 Å². The van der Waals surface area contributed by atoms with Crippen molar-refractivity contribution >= 4 is 29.1 Å². The van der Waals surface area contributed by atoms with E-state index >= 15 is 0 Å². The van der Waals surface area contributed by atoms with Crippen LogP contribution >= 0.6 is 11.6 Å². The van der Waals surface area contributed by atoms with Gasteiger partial charge in [0.25, 0.3) is 11.8 Å². The van der Waals surface area contributed by atoms with Gasteiger partial charge in [0.05, 0.1) is 16.6 Å². The lowest BCUT2D eigenvalue weighted by Gasteiger charge is -2.47. The maximum Gasteiger partial charge on any atom is 0.254 e. The number of benzene rings is 2. The minimum atomic E-state index is -0.200. The molecule has 196 valence electrons. The van der Waals surface area contributed by atoms with E-state index in [2.05, 4.69) is 33.4 Å². The van der Waals surface area contributed by atoms with E-state index in [1.165, 1.54) is 5.69 Å². The second-order valence-electron chi connectivity index (χ2n) is 10.9. The summed E-state index contributed by atoms with van der Waals surface area (Å²) in [7, 11) is 0. The zero-order valence-electron chi connectivity index (χ0n) is 21.5. The largest absolute Gasteiger partial charge is 0.371 e. The van der Waals surface area contributed by atoms with Crippen LogP contribution in [0.25, 0.3) is 0 Å². The molecule has 1 aliphatic carbocycles. The van der Waals surface area contributed by atoms with Crippen LogP contribution in [0.5, 0.6) is 0 Å². The van der Waals surface area contributed by atoms with E-state index < -0.39 is 0 Å². The summed E-state index contributed by atoms with van der Waals surface area (Å²) in [6.07, 6.45) is 9.76. The Morgan fingerprint density at radius 3 is 2.29 bits per heavy atom. The molecule has 0 unspecified atom stereocenters. The van der Waals surface area contributed by atoms with Gasteiger partial charge in [-0.1, -0.05) is 35.9 Å². The van der Waals surface area contributed by atoms with Gasteiger partial charge in [-0.15, -0.1) is 0 Å². The number of fused-ring (bicyclic) bond motifs is 1. The van der Waals surface area contributed by atoms with Crippen LogP contribution in [0.2, 0.25) is 5.02 Å². The lowest BCUT2D eigenvalue weighted by molar-refractivity contribution is 0.0513. The first-order valence-corrected chi connectivity index (χ1v) is 14.0. The van der Waals surface area contributed by atoms with Crippen LogP contribution in [0.15, 0.2) is 67.0 Å². The molecule has 38 heavy (non-hydrogen) atoms. The van der Waals surface area contributed by atoms with Gasteiger partial charge in [-0.3, -0.25) is 14.6 Å². The average molecular weight is 529 g/mol. The number of pyridine rings is 1. The molecule has 0 radical (unpaired) electrons. The number of halogens is 1. The second-order valence-corrected chi connectivity index (χ2v) is 11.3. The molecule has 0 saturated carbocycles. The van der Waals surface area contributed by atoms with Crippen molar-refractivity contribution in [2.75, 3.05) is 31.1 Å². The van der Waals surface area contributed by atoms with Crippen LogP contribution in [0.4, 0.5) is 5.69 Å². The van der Waals surface area contributed by atoms with E-state index in [-0.39, 0.29) is 17.9 Å². The van der Waals surface area contributed by atoms with Gasteiger partial charge in [0, 0.05) is 49.8 Å². The Labute approximate surface area is 229 Å². The highest BCUT2D eigenvalue weighted by Gasteiger charge is 2.39.